The topological polar surface area (TPSA) is 133 Å². The summed E-state index contributed by atoms with van der Waals surface area (Å²) in [6, 6.07) is 0. The molecule has 0 radical (unpaired) electrons. The molecule has 158 valence electrons. The fraction of sp³-hybridized carbons (Fsp3) is 0.647. The quantitative estimate of drug-likeness (QED) is 0.318. The molecule has 11 heteroatoms. The van der Waals surface area contributed by atoms with Crippen molar-refractivity contribution in [2.24, 2.45) is 0 Å². The van der Waals surface area contributed by atoms with Gasteiger partial charge in [0.15, 0.2) is 24.6 Å². The Labute approximate surface area is 161 Å². The molecule has 5 atom stereocenters. The molecule has 1 heterocycles. The number of rotatable bonds is 8. The molecule has 0 saturated carbocycles. The molecule has 1 rings (SSSR count). The highest BCUT2D eigenvalue weighted by Gasteiger charge is 2.53. The summed E-state index contributed by atoms with van der Waals surface area (Å²) < 4.78 is 36.1. The lowest BCUT2D eigenvalue weighted by Crippen LogP contribution is -2.63. The van der Waals surface area contributed by atoms with Crippen molar-refractivity contribution in [3.05, 3.63) is 12.7 Å². The van der Waals surface area contributed by atoms with E-state index in [-0.39, 0.29) is 13.2 Å². The van der Waals surface area contributed by atoms with Gasteiger partial charge in [-0.3, -0.25) is 14.4 Å². The Morgan fingerprint density at radius 2 is 1.54 bits per heavy atom. The molecule has 11 nitrogen and oxygen atoms in total. The van der Waals surface area contributed by atoms with Gasteiger partial charge in [0.25, 0.3) is 0 Å². The fourth-order valence-corrected chi connectivity index (χ4v) is 2.45. The molecular formula is C17H24O11. The van der Waals surface area contributed by atoms with Gasteiger partial charge in [-0.05, 0) is 0 Å². The van der Waals surface area contributed by atoms with Crippen LogP contribution in [-0.2, 0) is 47.5 Å². The Balaban J connectivity index is 3.27. The smallest absolute Gasteiger partial charge is 0.463 e. The maximum Gasteiger partial charge on any atom is 0.508 e. The average molecular weight is 404 g/mol. The Kier molecular flexibility index (Phi) is 9.39. The molecule has 0 unspecified atom stereocenters. The highest BCUT2D eigenvalue weighted by molar-refractivity contribution is 5.68. The first-order valence-corrected chi connectivity index (χ1v) is 8.30. The molecule has 0 bridgehead atoms. The zero-order valence-corrected chi connectivity index (χ0v) is 16.1. The number of ether oxygens (including phenoxy) is 7. The van der Waals surface area contributed by atoms with Crippen molar-refractivity contribution in [3.63, 3.8) is 0 Å². The molecule has 0 aromatic carbocycles. The summed E-state index contributed by atoms with van der Waals surface area (Å²) in [7, 11) is 1.08. The van der Waals surface area contributed by atoms with E-state index in [1.165, 1.54) is 13.0 Å². The van der Waals surface area contributed by atoms with Crippen LogP contribution < -0.4 is 0 Å². The predicted molar refractivity (Wildman–Crippen MR) is 89.8 cm³/mol. The van der Waals surface area contributed by atoms with E-state index in [0.29, 0.717) is 0 Å². The number of hydrogen-bond acceptors (Lipinski definition) is 11. The van der Waals surface area contributed by atoms with Crippen molar-refractivity contribution in [1.29, 1.82) is 0 Å². The molecule has 0 amide bonds. The molecular weight excluding hydrogens is 380 g/mol. The number of carbonyl (C=O) groups is 4. The number of hydrogen-bond donors (Lipinski definition) is 0. The lowest BCUT2D eigenvalue weighted by atomic mass is 9.98. The van der Waals surface area contributed by atoms with E-state index < -0.39 is 54.8 Å². The van der Waals surface area contributed by atoms with E-state index in [1.807, 2.05) is 0 Å². The predicted octanol–water partition coefficient (Wildman–Crippen LogP) is 0.492. The van der Waals surface area contributed by atoms with Crippen molar-refractivity contribution < 1.29 is 52.3 Å². The Morgan fingerprint density at radius 1 is 0.929 bits per heavy atom. The lowest BCUT2D eigenvalue weighted by Gasteiger charge is -2.43. The van der Waals surface area contributed by atoms with Gasteiger partial charge in [-0.25, -0.2) is 4.79 Å². The third-order valence-electron chi connectivity index (χ3n) is 3.42. The molecule has 1 fully saturated rings. The van der Waals surface area contributed by atoms with Gasteiger partial charge >= 0.3 is 24.1 Å². The zero-order valence-electron chi connectivity index (χ0n) is 16.1. The van der Waals surface area contributed by atoms with Gasteiger partial charge in [-0.2, -0.15) is 0 Å². The second-order valence-corrected chi connectivity index (χ2v) is 5.65. The molecule has 28 heavy (non-hydrogen) atoms. The molecule has 0 aromatic heterocycles. The van der Waals surface area contributed by atoms with Crippen LogP contribution in [0.25, 0.3) is 0 Å². The second kappa shape index (κ2) is 11.2. The van der Waals surface area contributed by atoms with E-state index in [0.717, 1.165) is 21.0 Å². The van der Waals surface area contributed by atoms with Crippen molar-refractivity contribution in [1.82, 2.24) is 0 Å². The SMILES string of the molecule is C=CCO[C@@H]1O[C@H](COC(C)=O)[C@H](OC(C)=O)[C@H](OC(C)=O)[C@H]1OC(=O)OC. The third-order valence-corrected chi connectivity index (χ3v) is 3.42. The highest BCUT2D eigenvalue weighted by Crippen LogP contribution is 2.30. The third kappa shape index (κ3) is 7.16. The van der Waals surface area contributed by atoms with Gasteiger partial charge in [0.05, 0.1) is 13.7 Å². The van der Waals surface area contributed by atoms with Gasteiger partial charge in [-0.15, -0.1) is 6.58 Å². The van der Waals surface area contributed by atoms with Gasteiger partial charge in [0.2, 0.25) is 0 Å². The molecule has 0 N–H and O–H groups in total. The van der Waals surface area contributed by atoms with Crippen molar-refractivity contribution in [2.45, 2.75) is 51.5 Å². The van der Waals surface area contributed by atoms with Crippen molar-refractivity contribution in [3.8, 4) is 0 Å². The standard InChI is InChI=1S/C17H24O11/c1-6-7-23-16-15(28-17(21)22-5)14(26-11(4)20)13(25-10(3)19)12(27-16)8-24-9(2)18/h6,12-16H,1,7-8H2,2-5H3/t12-,13+,14+,15-,16-/m1/s1. The van der Waals surface area contributed by atoms with Crippen LogP contribution in [-0.4, -0.2) is 75.1 Å². The minimum atomic E-state index is -1.34. The lowest BCUT2D eigenvalue weighted by molar-refractivity contribution is -0.304. The van der Waals surface area contributed by atoms with Crippen molar-refractivity contribution >= 4 is 24.1 Å². The normalized spacial score (nSPS) is 26.5. The first-order valence-electron chi connectivity index (χ1n) is 8.30. The Hall–Kier alpha value is -2.66. The summed E-state index contributed by atoms with van der Waals surface area (Å²) >= 11 is 0. The van der Waals surface area contributed by atoms with Crippen molar-refractivity contribution in [2.75, 3.05) is 20.3 Å². The van der Waals surface area contributed by atoms with Gasteiger partial charge in [0.1, 0.15) is 12.7 Å². The van der Waals surface area contributed by atoms with Crippen LogP contribution in [0.4, 0.5) is 4.79 Å². The summed E-state index contributed by atoms with van der Waals surface area (Å²) in [6.07, 6.45) is -5.91. The van der Waals surface area contributed by atoms with Gasteiger partial charge in [0, 0.05) is 20.8 Å². The second-order valence-electron chi connectivity index (χ2n) is 5.65. The molecule has 1 saturated heterocycles. The van der Waals surface area contributed by atoms with Crippen LogP contribution in [0.5, 0.6) is 0 Å². The number of methoxy groups -OCH3 is 1. The van der Waals surface area contributed by atoms with Crippen LogP contribution in [0.3, 0.4) is 0 Å². The number of carbonyl (C=O) groups excluding carboxylic acids is 4. The first kappa shape index (κ1) is 23.4. The molecule has 1 aliphatic rings. The summed E-state index contributed by atoms with van der Waals surface area (Å²) in [5.74, 6) is -2.07. The van der Waals surface area contributed by atoms with E-state index >= 15 is 0 Å². The summed E-state index contributed by atoms with van der Waals surface area (Å²) in [5, 5.41) is 0. The minimum absolute atomic E-state index is 0.00297. The van der Waals surface area contributed by atoms with Crippen LogP contribution in [0, 0.1) is 0 Å². The highest BCUT2D eigenvalue weighted by atomic mass is 16.8. The van der Waals surface area contributed by atoms with E-state index in [9.17, 15) is 19.2 Å². The van der Waals surface area contributed by atoms with E-state index in [1.54, 1.807) is 0 Å². The molecule has 0 spiro atoms. The van der Waals surface area contributed by atoms with Gasteiger partial charge in [-0.1, -0.05) is 6.08 Å². The van der Waals surface area contributed by atoms with Crippen LogP contribution in [0.15, 0.2) is 12.7 Å². The maximum atomic E-state index is 11.7. The Bertz CT molecular complexity index is 588. The largest absolute Gasteiger partial charge is 0.508 e. The van der Waals surface area contributed by atoms with Gasteiger partial charge < -0.3 is 33.2 Å². The van der Waals surface area contributed by atoms with E-state index in [4.69, 9.17) is 28.4 Å². The molecule has 0 aromatic rings. The Morgan fingerprint density at radius 3 is 2.04 bits per heavy atom. The summed E-state index contributed by atoms with van der Waals surface area (Å²) in [5.41, 5.74) is 0. The van der Waals surface area contributed by atoms with Crippen LogP contribution in [0.1, 0.15) is 20.8 Å². The number of esters is 3. The average Bonchev–Trinajstić information content (AvgIpc) is 2.61. The fourth-order valence-electron chi connectivity index (χ4n) is 2.45. The molecule has 1 aliphatic heterocycles. The van der Waals surface area contributed by atoms with Crippen LogP contribution >= 0.6 is 0 Å². The minimum Gasteiger partial charge on any atom is -0.463 e. The van der Waals surface area contributed by atoms with Crippen LogP contribution in [0.2, 0.25) is 0 Å². The molecule has 0 aliphatic carbocycles. The zero-order chi connectivity index (χ0) is 21.3. The monoisotopic (exact) mass is 404 g/mol. The first-order chi connectivity index (χ1) is 13.2. The summed E-state index contributed by atoms with van der Waals surface area (Å²) in [4.78, 5) is 46.0. The summed E-state index contributed by atoms with van der Waals surface area (Å²) in [6.45, 7) is 6.61. The maximum absolute atomic E-state index is 11.7. The van der Waals surface area contributed by atoms with E-state index in [2.05, 4.69) is 11.3 Å².